The monoisotopic (exact) mass is 499 g/mol. The standard InChI is InChI=1S/C29H29N3O5/c33-27(23-10-12-30-13-11-23)25-26(32(29(35)28(25)34)15-14-31-16-18-36-19-17-31)22-6-8-24(9-7-22)37-20-21-4-2-1-3-5-21/h1-13,26,33H,14-20H2/b27-25+. The molecule has 1 N–H and O–H groups in total. The van der Waals surface area contributed by atoms with Gasteiger partial charge in [0.1, 0.15) is 18.1 Å². The van der Waals surface area contributed by atoms with Gasteiger partial charge in [-0.3, -0.25) is 19.5 Å². The van der Waals surface area contributed by atoms with E-state index in [-0.39, 0.29) is 11.3 Å². The Kier molecular flexibility index (Phi) is 7.58. The van der Waals surface area contributed by atoms with Gasteiger partial charge in [-0.25, -0.2) is 0 Å². The molecule has 1 unspecified atom stereocenters. The molecule has 2 aliphatic rings. The molecule has 0 radical (unpaired) electrons. The maximum absolute atomic E-state index is 13.2. The molecule has 2 fully saturated rings. The number of pyridine rings is 1. The molecule has 0 spiro atoms. The molecule has 190 valence electrons. The van der Waals surface area contributed by atoms with E-state index in [4.69, 9.17) is 9.47 Å². The van der Waals surface area contributed by atoms with Gasteiger partial charge in [0, 0.05) is 44.1 Å². The molecule has 3 heterocycles. The first-order valence-corrected chi connectivity index (χ1v) is 12.4. The lowest BCUT2D eigenvalue weighted by Gasteiger charge is -2.31. The highest BCUT2D eigenvalue weighted by atomic mass is 16.5. The van der Waals surface area contributed by atoms with Crippen molar-refractivity contribution in [1.82, 2.24) is 14.8 Å². The van der Waals surface area contributed by atoms with Crippen LogP contribution in [0.1, 0.15) is 22.7 Å². The zero-order valence-corrected chi connectivity index (χ0v) is 20.5. The molecule has 1 amide bonds. The van der Waals surface area contributed by atoms with Crippen LogP contribution in [0.5, 0.6) is 5.75 Å². The summed E-state index contributed by atoms with van der Waals surface area (Å²) in [6.45, 7) is 4.25. The van der Waals surface area contributed by atoms with Gasteiger partial charge in [-0.05, 0) is 35.4 Å². The number of amides is 1. The average molecular weight is 500 g/mol. The van der Waals surface area contributed by atoms with E-state index in [1.165, 1.54) is 12.4 Å². The predicted octanol–water partition coefficient (Wildman–Crippen LogP) is 3.41. The Bertz CT molecular complexity index is 1260. The first-order valence-electron chi connectivity index (χ1n) is 12.4. The molecule has 0 saturated carbocycles. The van der Waals surface area contributed by atoms with Gasteiger partial charge in [-0.2, -0.15) is 0 Å². The van der Waals surface area contributed by atoms with E-state index < -0.39 is 17.7 Å². The quantitative estimate of drug-likeness (QED) is 0.288. The fourth-order valence-electron chi connectivity index (χ4n) is 4.68. The Morgan fingerprint density at radius 2 is 1.65 bits per heavy atom. The van der Waals surface area contributed by atoms with Crippen LogP contribution in [0.25, 0.3) is 5.76 Å². The number of rotatable bonds is 8. The number of carbonyl (C=O) groups is 2. The molecule has 1 atom stereocenters. The zero-order chi connectivity index (χ0) is 25.6. The summed E-state index contributed by atoms with van der Waals surface area (Å²) < 4.78 is 11.3. The van der Waals surface area contributed by atoms with Crippen LogP contribution in [-0.2, 0) is 20.9 Å². The maximum atomic E-state index is 13.2. The summed E-state index contributed by atoms with van der Waals surface area (Å²) in [6.07, 6.45) is 3.08. The van der Waals surface area contributed by atoms with E-state index in [0.717, 1.165) is 24.2 Å². The van der Waals surface area contributed by atoms with Gasteiger partial charge < -0.3 is 19.5 Å². The van der Waals surface area contributed by atoms with Gasteiger partial charge in [0.2, 0.25) is 0 Å². The Hall–Kier alpha value is -4.01. The number of carbonyl (C=O) groups excluding carboxylic acids is 2. The molecule has 1 aromatic heterocycles. The third kappa shape index (κ3) is 5.55. The summed E-state index contributed by atoms with van der Waals surface area (Å²) in [7, 11) is 0. The second-order valence-electron chi connectivity index (χ2n) is 9.03. The normalized spacial score (nSPS) is 19.8. The van der Waals surface area contributed by atoms with E-state index in [1.54, 1.807) is 17.0 Å². The van der Waals surface area contributed by atoms with Crippen molar-refractivity contribution < 1.29 is 24.2 Å². The summed E-state index contributed by atoms with van der Waals surface area (Å²) in [5.74, 6) is -0.833. The molecule has 5 rings (SSSR count). The fourth-order valence-corrected chi connectivity index (χ4v) is 4.68. The van der Waals surface area contributed by atoms with Crippen LogP contribution in [0.4, 0.5) is 0 Å². The van der Waals surface area contributed by atoms with Crippen molar-refractivity contribution in [2.75, 3.05) is 39.4 Å². The molecular weight excluding hydrogens is 470 g/mol. The highest BCUT2D eigenvalue weighted by Crippen LogP contribution is 2.39. The van der Waals surface area contributed by atoms with Gasteiger partial charge in [-0.1, -0.05) is 42.5 Å². The second-order valence-corrected chi connectivity index (χ2v) is 9.03. The molecule has 2 aromatic carbocycles. The summed E-state index contributed by atoms with van der Waals surface area (Å²) in [6, 6.07) is 19.7. The molecule has 3 aromatic rings. The van der Waals surface area contributed by atoms with Crippen LogP contribution < -0.4 is 4.74 Å². The molecule has 0 aliphatic carbocycles. The van der Waals surface area contributed by atoms with E-state index in [9.17, 15) is 14.7 Å². The van der Waals surface area contributed by atoms with Crippen LogP contribution >= 0.6 is 0 Å². The van der Waals surface area contributed by atoms with Gasteiger partial charge in [-0.15, -0.1) is 0 Å². The molecular formula is C29H29N3O5. The first kappa shape index (κ1) is 24.7. The minimum absolute atomic E-state index is 0.0798. The molecule has 2 saturated heterocycles. The van der Waals surface area contributed by atoms with Crippen molar-refractivity contribution in [3.8, 4) is 5.75 Å². The molecule has 2 aliphatic heterocycles. The number of aromatic nitrogens is 1. The number of hydrogen-bond acceptors (Lipinski definition) is 7. The summed E-state index contributed by atoms with van der Waals surface area (Å²) in [4.78, 5) is 34.2. The van der Waals surface area contributed by atoms with Crippen molar-refractivity contribution in [2.45, 2.75) is 12.6 Å². The smallest absolute Gasteiger partial charge is 0.295 e. The Morgan fingerprint density at radius 3 is 2.35 bits per heavy atom. The topological polar surface area (TPSA) is 92.2 Å². The number of aliphatic hydroxyl groups is 1. The van der Waals surface area contributed by atoms with E-state index >= 15 is 0 Å². The molecule has 8 heteroatoms. The largest absolute Gasteiger partial charge is 0.507 e. The Morgan fingerprint density at radius 1 is 0.946 bits per heavy atom. The predicted molar refractivity (Wildman–Crippen MR) is 138 cm³/mol. The number of ketones is 1. The van der Waals surface area contributed by atoms with Crippen LogP contribution in [0.2, 0.25) is 0 Å². The van der Waals surface area contributed by atoms with Crippen molar-refractivity contribution >= 4 is 17.4 Å². The van der Waals surface area contributed by atoms with Gasteiger partial charge in [0.15, 0.2) is 0 Å². The fraction of sp³-hybridized carbons (Fsp3) is 0.276. The van der Waals surface area contributed by atoms with E-state index in [1.807, 2.05) is 54.6 Å². The number of benzene rings is 2. The molecule has 37 heavy (non-hydrogen) atoms. The summed E-state index contributed by atoms with van der Waals surface area (Å²) >= 11 is 0. The minimum Gasteiger partial charge on any atom is -0.507 e. The highest BCUT2D eigenvalue weighted by Gasteiger charge is 2.46. The lowest BCUT2D eigenvalue weighted by atomic mass is 9.95. The van der Waals surface area contributed by atoms with E-state index in [2.05, 4.69) is 9.88 Å². The maximum Gasteiger partial charge on any atom is 0.295 e. The van der Waals surface area contributed by atoms with Crippen molar-refractivity contribution in [1.29, 1.82) is 0 Å². The number of Topliss-reactive ketones (excluding diaryl/α,β-unsaturated/α-hetero) is 1. The van der Waals surface area contributed by atoms with Crippen LogP contribution in [-0.4, -0.2) is 71.0 Å². The summed E-state index contributed by atoms with van der Waals surface area (Å²) in [5.41, 5.74) is 2.30. The minimum atomic E-state index is -0.711. The van der Waals surface area contributed by atoms with Gasteiger partial charge in [0.05, 0.1) is 24.8 Å². The van der Waals surface area contributed by atoms with Crippen molar-refractivity contribution in [3.63, 3.8) is 0 Å². The number of nitrogens with zero attached hydrogens (tertiary/aromatic N) is 3. The average Bonchev–Trinajstić information content (AvgIpc) is 3.21. The number of likely N-dealkylation sites (tertiary alicyclic amines) is 1. The van der Waals surface area contributed by atoms with Crippen LogP contribution in [0, 0.1) is 0 Å². The van der Waals surface area contributed by atoms with Crippen molar-refractivity contribution in [3.05, 3.63) is 101 Å². The molecule has 0 bridgehead atoms. The third-order valence-electron chi connectivity index (χ3n) is 6.70. The lowest BCUT2D eigenvalue weighted by molar-refractivity contribution is -0.140. The van der Waals surface area contributed by atoms with Crippen LogP contribution in [0.3, 0.4) is 0 Å². The first-order chi connectivity index (χ1) is 18.1. The Labute approximate surface area is 215 Å². The number of aliphatic hydroxyl groups excluding tert-OH is 1. The lowest BCUT2D eigenvalue weighted by Crippen LogP contribution is -2.42. The highest BCUT2D eigenvalue weighted by molar-refractivity contribution is 6.46. The van der Waals surface area contributed by atoms with Crippen molar-refractivity contribution in [2.24, 2.45) is 0 Å². The van der Waals surface area contributed by atoms with Crippen LogP contribution in [0.15, 0.2) is 84.7 Å². The van der Waals surface area contributed by atoms with Gasteiger partial charge >= 0.3 is 0 Å². The van der Waals surface area contributed by atoms with Gasteiger partial charge in [0.25, 0.3) is 11.7 Å². The summed E-state index contributed by atoms with van der Waals surface area (Å²) in [5, 5.41) is 11.1. The number of morpholine rings is 1. The Balaban J connectivity index is 1.43. The SMILES string of the molecule is O=C1C(=O)N(CCN2CCOCC2)C(c2ccc(OCc3ccccc3)cc2)/C1=C(\O)c1ccncc1. The number of hydrogen-bond donors (Lipinski definition) is 1. The third-order valence-corrected chi connectivity index (χ3v) is 6.70. The van der Waals surface area contributed by atoms with E-state index in [0.29, 0.717) is 44.2 Å². The zero-order valence-electron chi connectivity index (χ0n) is 20.5. The number of ether oxygens (including phenoxy) is 2. The second kappa shape index (κ2) is 11.4. The molecule has 8 nitrogen and oxygen atoms in total.